The minimum Gasteiger partial charge on any atom is -0.349 e. The van der Waals surface area contributed by atoms with Gasteiger partial charge in [0.25, 0.3) is 5.91 Å². The summed E-state index contributed by atoms with van der Waals surface area (Å²) in [5.41, 5.74) is 1.57. The summed E-state index contributed by atoms with van der Waals surface area (Å²) in [4.78, 5) is 17.5. The number of aryl methyl sites for hydroxylation is 1. The van der Waals surface area contributed by atoms with Crippen LogP contribution < -0.4 is 5.32 Å². The molecule has 0 saturated heterocycles. The molecule has 1 aliphatic carbocycles. The third kappa shape index (κ3) is 3.35. The fraction of sp³-hybridized carbons (Fsp3) is 0.412. The number of hydrogen-bond donors (Lipinski definition) is 1. The predicted molar refractivity (Wildman–Crippen MR) is 86.6 cm³/mol. The highest BCUT2D eigenvalue weighted by Crippen LogP contribution is 2.28. The summed E-state index contributed by atoms with van der Waals surface area (Å²) in [7, 11) is 0. The minimum absolute atomic E-state index is 0.0322. The van der Waals surface area contributed by atoms with E-state index in [1.54, 1.807) is 12.1 Å². The SMILES string of the molecule is Cc1nc(-c2ccc(F)cc2)sc1C(=O)NC1CCCCC1. The summed E-state index contributed by atoms with van der Waals surface area (Å²) in [6.07, 6.45) is 5.77. The van der Waals surface area contributed by atoms with Crippen molar-refractivity contribution >= 4 is 17.2 Å². The number of hydrogen-bond acceptors (Lipinski definition) is 3. The van der Waals surface area contributed by atoms with E-state index in [0.29, 0.717) is 4.88 Å². The summed E-state index contributed by atoms with van der Waals surface area (Å²) in [6, 6.07) is 6.49. The molecule has 1 fully saturated rings. The van der Waals surface area contributed by atoms with Gasteiger partial charge in [0, 0.05) is 11.6 Å². The molecule has 3 rings (SSSR count). The number of carbonyl (C=O) groups is 1. The van der Waals surface area contributed by atoms with Crippen molar-refractivity contribution in [2.75, 3.05) is 0 Å². The Kier molecular flexibility index (Phi) is 4.52. The lowest BCUT2D eigenvalue weighted by molar-refractivity contribution is 0.0931. The van der Waals surface area contributed by atoms with Crippen molar-refractivity contribution in [1.82, 2.24) is 10.3 Å². The Balaban J connectivity index is 1.76. The second-order valence-electron chi connectivity index (χ2n) is 5.75. The van der Waals surface area contributed by atoms with Crippen LogP contribution in [-0.4, -0.2) is 16.9 Å². The van der Waals surface area contributed by atoms with Crippen molar-refractivity contribution in [3.05, 3.63) is 40.7 Å². The molecule has 1 aliphatic rings. The van der Waals surface area contributed by atoms with Crippen LogP contribution in [0.2, 0.25) is 0 Å². The van der Waals surface area contributed by atoms with E-state index in [4.69, 9.17) is 0 Å². The summed E-state index contributed by atoms with van der Waals surface area (Å²) in [6.45, 7) is 1.85. The first-order chi connectivity index (χ1) is 10.6. The van der Waals surface area contributed by atoms with E-state index in [0.717, 1.165) is 29.1 Å². The number of carbonyl (C=O) groups excluding carboxylic acids is 1. The highest BCUT2D eigenvalue weighted by atomic mass is 32.1. The fourth-order valence-electron chi connectivity index (χ4n) is 2.82. The van der Waals surface area contributed by atoms with Crippen LogP contribution in [0.4, 0.5) is 4.39 Å². The molecule has 0 radical (unpaired) electrons. The highest BCUT2D eigenvalue weighted by molar-refractivity contribution is 7.17. The van der Waals surface area contributed by atoms with Crippen molar-refractivity contribution < 1.29 is 9.18 Å². The minimum atomic E-state index is -0.271. The second-order valence-corrected chi connectivity index (χ2v) is 6.75. The number of aromatic nitrogens is 1. The Morgan fingerprint density at radius 1 is 1.23 bits per heavy atom. The van der Waals surface area contributed by atoms with E-state index in [2.05, 4.69) is 10.3 Å². The predicted octanol–water partition coefficient (Wildman–Crippen LogP) is 4.32. The first-order valence-corrected chi connectivity index (χ1v) is 8.49. The topological polar surface area (TPSA) is 42.0 Å². The molecule has 0 spiro atoms. The van der Waals surface area contributed by atoms with Gasteiger partial charge in [-0.05, 0) is 44.0 Å². The number of rotatable bonds is 3. The van der Waals surface area contributed by atoms with Gasteiger partial charge in [0.15, 0.2) is 0 Å². The third-order valence-electron chi connectivity index (χ3n) is 4.03. The lowest BCUT2D eigenvalue weighted by Crippen LogP contribution is -2.36. The van der Waals surface area contributed by atoms with E-state index in [1.165, 1.54) is 42.7 Å². The maximum Gasteiger partial charge on any atom is 0.263 e. The van der Waals surface area contributed by atoms with Gasteiger partial charge < -0.3 is 5.32 Å². The van der Waals surface area contributed by atoms with E-state index < -0.39 is 0 Å². The zero-order valence-electron chi connectivity index (χ0n) is 12.6. The number of benzene rings is 1. The molecule has 3 nitrogen and oxygen atoms in total. The summed E-state index contributed by atoms with van der Waals surface area (Å²) in [5, 5.41) is 3.88. The quantitative estimate of drug-likeness (QED) is 0.915. The third-order valence-corrected chi connectivity index (χ3v) is 5.24. The molecule has 0 atom stereocenters. The zero-order chi connectivity index (χ0) is 15.5. The standard InChI is InChI=1S/C17H19FN2OS/c1-11-15(16(21)20-14-5-3-2-4-6-14)22-17(19-11)12-7-9-13(18)10-8-12/h7-10,14H,2-6H2,1H3,(H,20,21). The fourth-order valence-corrected chi connectivity index (χ4v) is 3.80. The van der Waals surface area contributed by atoms with Crippen LogP contribution in [0.25, 0.3) is 10.6 Å². The van der Waals surface area contributed by atoms with E-state index >= 15 is 0 Å². The van der Waals surface area contributed by atoms with Crippen molar-refractivity contribution in [3.63, 3.8) is 0 Å². The molecule has 5 heteroatoms. The molecule has 0 unspecified atom stereocenters. The van der Waals surface area contributed by atoms with Crippen molar-refractivity contribution in [3.8, 4) is 10.6 Å². The molecule has 0 bridgehead atoms. The van der Waals surface area contributed by atoms with Gasteiger partial charge in [0.2, 0.25) is 0 Å². The van der Waals surface area contributed by atoms with Gasteiger partial charge in [-0.2, -0.15) is 0 Å². The lowest BCUT2D eigenvalue weighted by atomic mass is 9.95. The first-order valence-electron chi connectivity index (χ1n) is 7.68. The van der Waals surface area contributed by atoms with Crippen LogP contribution >= 0.6 is 11.3 Å². The second kappa shape index (κ2) is 6.57. The van der Waals surface area contributed by atoms with Crippen LogP contribution in [0.5, 0.6) is 0 Å². The number of nitrogens with one attached hydrogen (secondary N) is 1. The van der Waals surface area contributed by atoms with Gasteiger partial charge in [-0.25, -0.2) is 9.37 Å². The van der Waals surface area contributed by atoms with Gasteiger partial charge in [0.05, 0.1) is 5.69 Å². The lowest BCUT2D eigenvalue weighted by Gasteiger charge is -2.22. The van der Waals surface area contributed by atoms with Crippen molar-refractivity contribution in [2.24, 2.45) is 0 Å². The van der Waals surface area contributed by atoms with Crippen molar-refractivity contribution in [2.45, 2.75) is 45.1 Å². The molecular formula is C17H19FN2OS. The molecule has 2 aromatic rings. The van der Waals surface area contributed by atoms with Gasteiger partial charge in [-0.15, -0.1) is 11.3 Å². The average Bonchev–Trinajstić information content (AvgIpc) is 2.91. The van der Waals surface area contributed by atoms with E-state index in [-0.39, 0.29) is 17.8 Å². The zero-order valence-corrected chi connectivity index (χ0v) is 13.4. The summed E-state index contributed by atoms with van der Waals surface area (Å²) < 4.78 is 13.0. The Bertz CT molecular complexity index is 660. The Labute approximate surface area is 133 Å². The monoisotopic (exact) mass is 318 g/mol. The Hall–Kier alpha value is -1.75. The molecule has 1 N–H and O–H groups in total. The number of halogens is 1. The van der Waals surface area contributed by atoms with Crippen molar-refractivity contribution in [1.29, 1.82) is 0 Å². The van der Waals surface area contributed by atoms with Crippen LogP contribution in [-0.2, 0) is 0 Å². The summed E-state index contributed by atoms with van der Waals surface area (Å²) in [5.74, 6) is -0.303. The maximum atomic E-state index is 13.0. The van der Waals surface area contributed by atoms with Gasteiger partial charge >= 0.3 is 0 Å². The molecule has 1 heterocycles. The highest BCUT2D eigenvalue weighted by Gasteiger charge is 2.20. The smallest absolute Gasteiger partial charge is 0.263 e. The first kappa shape index (κ1) is 15.2. The Morgan fingerprint density at radius 3 is 2.59 bits per heavy atom. The van der Waals surface area contributed by atoms with Gasteiger partial charge in [0.1, 0.15) is 15.7 Å². The molecule has 1 aromatic carbocycles. The molecule has 1 saturated carbocycles. The molecule has 22 heavy (non-hydrogen) atoms. The maximum absolute atomic E-state index is 13.0. The van der Waals surface area contributed by atoms with Crippen LogP contribution in [0.3, 0.4) is 0 Å². The molecule has 116 valence electrons. The van der Waals surface area contributed by atoms with Crippen LogP contribution in [0.15, 0.2) is 24.3 Å². The number of nitrogens with zero attached hydrogens (tertiary/aromatic N) is 1. The Morgan fingerprint density at radius 2 is 1.91 bits per heavy atom. The van der Waals surface area contributed by atoms with Gasteiger partial charge in [-0.3, -0.25) is 4.79 Å². The molecule has 1 aromatic heterocycles. The van der Waals surface area contributed by atoms with Crippen LogP contribution in [0, 0.1) is 12.7 Å². The van der Waals surface area contributed by atoms with E-state index in [1.807, 2.05) is 6.92 Å². The molecule has 0 aliphatic heterocycles. The number of amides is 1. The molecular weight excluding hydrogens is 299 g/mol. The van der Waals surface area contributed by atoms with Gasteiger partial charge in [-0.1, -0.05) is 19.3 Å². The van der Waals surface area contributed by atoms with Crippen LogP contribution in [0.1, 0.15) is 47.5 Å². The molecule has 1 amide bonds. The summed E-state index contributed by atoms with van der Waals surface area (Å²) >= 11 is 1.37. The average molecular weight is 318 g/mol. The largest absolute Gasteiger partial charge is 0.349 e. The van der Waals surface area contributed by atoms with E-state index in [9.17, 15) is 9.18 Å². The number of thiazole rings is 1. The normalized spacial score (nSPS) is 15.7.